The van der Waals surface area contributed by atoms with E-state index in [1.54, 1.807) is 42.1 Å². The maximum atomic E-state index is 13.9. The molecule has 0 radical (unpaired) electrons. The summed E-state index contributed by atoms with van der Waals surface area (Å²) in [5.41, 5.74) is 3.68. The van der Waals surface area contributed by atoms with Crippen LogP contribution < -0.4 is 5.32 Å². The van der Waals surface area contributed by atoms with Crippen LogP contribution in [0.3, 0.4) is 0 Å². The third-order valence-corrected chi connectivity index (χ3v) is 5.81. The molecule has 1 saturated heterocycles. The van der Waals surface area contributed by atoms with Gasteiger partial charge in [-0.2, -0.15) is 0 Å². The van der Waals surface area contributed by atoms with E-state index < -0.39 is 11.9 Å². The average molecular weight is 419 g/mol. The molecular formula is C22H18FN5O3. The zero-order valence-corrected chi connectivity index (χ0v) is 16.6. The number of hydrogen-bond acceptors (Lipinski definition) is 5. The molecule has 9 heteroatoms. The highest BCUT2D eigenvalue weighted by atomic mass is 19.1. The van der Waals surface area contributed by atoms with Crippen LogP contribution in [0.15, 0.2) is 42.6 Å². The van der Waals surface area contributed by atoms with E-state index in [1.165, 1.54) is 11.0 Å². The Hall–Kier alpha value is -3.88. The molecule has 0 spiro atoms. The van der Waals surface area contributed by atoms with Crippen molar-refractivity contribution < 1.29 is 18.8 Å². The summed E-state index contributed by atoms with van der Waals surface area (Å²) < 4.78 is 15.5. The fourth-order valence-corrected chi connectivity index (χ4v) is 4.10. The molecule has 1 unspecified atom stereocenters. The number of benzene rings is 2. The minimum Gasteiger partial charge on any atom is -0.322 e. The van der Waals surface area contributed by atoms with E-state index in [-0.39, 0.29) is 30.6 Å². The quantitative estimate of drug-likeness (QED) is 0.656. The van der Waals surface area contributed by atoms with Gasteiger partial charge in [-0.1, -0.05) is 17.3 Å². The number of rotatable bonds is 3. The van der Waals surface area contributed by atoms with E-state index in [0.29, 0.717) is 34.5 Å². The van der Waals surface area contributed by atoms with Crippen LogP contribution in [0, 0.1) is 12.7 Å². The van der Waals surface area contributed by atoms with Gasteiger partial charge in [-0.05, 0) is 48.7 Å². The molecule has 1 N–H and O–H groups in total. The monoisotopic (exact) mass is 419 g/mol. The van der Waals surface area contributed by atoms with Crippen molar-refractivity contribution in [3.8, 4) is 16.9 Å². The molecule has 0 bridgehead atoms. The Morgan fingerprint density at radius 2 is 1.97 bits per heavy atom. The average Bonchev–Trinajstić information content (AvgIpc) is 3.35. The second-order valence-corrected chi connectivity index (χ2v) is 7.70. The van der Waals surface area contributed by atoms with Gasteiger partial charge in [-0.3, -0.25) is 19.7 Å². The Morgan fingerprint density at radius 3 is 2.77 bits per heavy atom. The van der Waals surface area contributed by atoms with Crippen LogP contribution >= 0.6 is 0 Å². The van der Waals surface area contributed by atoms with Gasteiger partial charge in [-0.15, -0.1) is 5.10 Å². The molecule has 0 saturated carbocycles. The number of carbonyl (C=O) groups excluding carboxylic acids is 3. The lowest BCUT2D eigenvalue weighted by Gasteiger charge is -2.29. The van der Waals surface area contributed by atoms with E-state index >= 15 is 0 Å². The number of amides is 3. The number of imide groups is 1. The number of halogens is 1. The number of fused-ring (bicyclic) bond motifs is 1. The SMILES string of the molecule is Cc1c(F)cccc1-c1cn(-c2ccc3c(c2)CN(C2CCC(=O)NC2=O)C3=O)nn1. The summed E-state index contributed by atoms with van der Waals surface area (Å²) in [7, 11) is 0. The van der Waals surface area contributed by atoms with Gasteiger partial charge < -0.3 is 4.90 Å². The fourth-order valence-electron chi connectivity index (χ4n) is 4.10. The van der Waals surface area contributed by atoms with Crippen molar-refractivity contribution in [3.63, 3.8) is 0 Å². The first-order chi connectivity index (χ1) is 14.9. The lowest BCUT2D eigenvalue weighted by molar-refractivity contribution is -0.136. The first kappa shape index (κ1) is 19.1. The normalized spacial score (nSPS) is 18.3. The van der Waals surface area contributed by atoms with E-state index in [2.05, 4.69) is 15.6 Å². The maximum Gasteiger partial charge on any atom is 0.255 e. The number of nitrogens with one attached hydrogen (secondary N) is 1. The minimum absolute atomic E-state index is 0.211. The molecule has 3 aromatic rings. The second-order valence-electron chi connectivity index (χ2n) is 7.70. The third kappa shape index (κ3) is 3.18. The predicted octanol–water partition coefficient (Wildman–Crippen LogP) is 2.14. The molecule has 31 heavy (non-hydrogen) atoms. The summed E-state index contributed by atoms with van der Waals surface area (Å²) >= 11 is 0. The summed E-state index contributed by atoms with van der Waals surface area (Å²) in [4.78, 5) is 37.9. The molecule has 2 aromatic carbocycles. The highest BCUT2D eigenvalue weighted by Gasteiger charge is 2.39. The molecule has 3 amide bonds. The van der Waals surface area contributed by atoms with Gasteiger partial charge in [0.1, 0.15) is 17.6 Å². The molecule has 2 aliphatic rings. The van der Waals surface area contributed by atoms with Crippen molar-refractivity contribution in [2.75, 3.05) is 0 Å². The first-order valence-corrected chi connectivity index (χ1v) is 9.88. The molecule has 0 aliphatic carbocycles. The zero-order valence-electron chi connectivity index (χ0n) is 16.6. The number of aromatic nitrogens is 3. The highest BCUT2D eigenvalue weighted by molar-refractivity contribution is 6.05. The lowest BCUT2D eigenvalue weighted by Crippen LogP contribution is -2.52. The van der Waals surface area contributed by atoms with Crippen LogP contribution in [0.2, 0.25) is 0 Å². The number of hydrogen-bond donors (Lipinski definition) is 1. The summed E-state index contributed by atoms with van der Waals surface area (Å²) in [5, 5.41) is 10.6. The van der Waals surface area contributed by atoms with E-state index in [9.17, 15) is 18.8 Å². The van der Waals surface area contributed by atoms with E-state index in [1.807, 2.05) is 6.07 Å². The molecule has 1 aromatic heterocycles. The van der Waals surface area contributed by atoms with E-state index in [4.69, 9.17) is 0 Å². The van der Waals surface area contributed by atoms with Gasteiger partial charge in [0.2, 0.25) is 11.8 Å². The lowest BCUT2D eigenvalue weighted by atomic mass is 10.0. The molecule has 1 fully saturated rings. The Morgan fingerprint density at radius 1 is 1.13 bits per heavy atom. The van der Waals surface area contributed by atoms with Gasteiger partial charge in [0.25, 0.3) is 5.91 Å². The molecule has 8 nitrogen and oxygen atoms in total. The van der Waals surface area contributed by atoms with Crippen LogP contribution in [0.5, 0.6) is 0 Å². The smallest absolute Gasteiger partial charge is 0.255 e. The standard InChI is InChI=1S/C22H18FN5O3/c1-12-15(3-2-4-17(12)23)18-11-28(26-25-18)14-5-6-16-13(9-14)10-27(22(16)31)19-7-8-20(29)24-21(19)30/h2-6,9,11,19H,7-8,10H2,1H3,(H,24,29,30). The minimum atomic E-state index is -0.657. The van der Waals surface area contributed by atoms with E-state index in [0.717, 1.165) is 5.56 Å². The van der Waals surface area contributed by atoms with Gasteiger partial charge in [-0.25, -0.2) is 9.07 Å². The van der Waals surface area contributed by atoms with Crippen LogP contribution in [-0.2, 0) is 16.1 Å². The van der Waals surface area contributed by atoms with Crippen molar-refractivity contribution in [1.29, 1.82) is 0 Å². The number of nitrogens with zero attached hydrogens (tertiary/aromatic N) is 4. The molecule has 1 atom stereocenters. The van der Waals surface area contributed by atoms with Crippen LogP contribution in [0.4, 0.5) is 4.39 Å². The summed E-state index contributed by atoms with van der Waals surface area (Å²) in [6, 6.07) is 9.43. The third-order valence-electron chi connectivity index (χ3n) is 5.81. The van der Waals surface area contributed by atoms with Crippen molar-refractivity contribution in [1.82, 2.24) is 25.2 Å². The van der Waals surface area contributed by atoms with Crippen LogP contribution in [-0.4, -0.2) is 43.7 Å². The Labute approximate surface area is 176 Å². The maximum absolute atomic E-state index is 13.9. The van der Waals surface area contributed by atoms with Crippen molar-refractivity contribution >= 4 is 17.7 Å². The molecule has 2 aliphatic heterocycles. The summed E-state index contributed by atoms with van der Waals surface area (Å²) in [5.74, 6) is -1.30. The molecular weight excluding hydrogens is 401 g/mol. The second kappa shape index (κ2) is 7.12. The Bertz CT molecular complexity index is 1250. The van der Waals surface area contributed by atoms with Crippen molar-refractivity contribution in [2.24, 2.45) is 0 Å². The van der Waals surface area contributed by atoms with Crippen LogP contribution in [0.1, 0.15) is 34.3 Å². The van der Waals surface area contributed by atoms with Crippen molar-refractivity contribution in [3.05, 3.63) is 65.1 Å². The van der Waals surface area contributed by atoms with Crippen LogP contribution in [0.25, 0.3) is 16.9 Å². The Balaban J connectivity index is 1.42. The molecule has 156 valence electrons. The molecule has 3 heterocycles. The fraction of sp³-hybridized carbons (Fsp3) is 0.227. The van der Waals surface area contributed by atoms with Gasteiger partial charge >= 0.3 is 0 Å². The van der Waals surface area contributed by atoms with Crippen molar-refractivity contribution in [2.45, 2.75) is 32.4 Å². The number of piperidine rings is 1. The molecule has 5 rings (SSSR count). The first-order valence-electron chi connectivity index (χ1n) is 9.88. The number of carbonyl (C=O) groups is 3. The summed E-state index contributed by atoms with van der Waals surface area (Å²) in [6.07, 6.45) is 2.23. The highest BCUT2D eigenvalue weighted by Crippen LogP contribution is 2.29. The topological polar surface area (TPSA) is 97.2 Å². The van der Waals surface area contributed by atoms with Gasteiger partial charge in [0, 0.05) is 24.1 Å². The summed E-state index contributed by atoms with van der Waals surface area (Å²) in [6.45, 7) is 1.97. The van der Waals surface area contributed by atoms with Gasteiger partial charge in [0.15, 0.2) is 0 Å². The van der Waals surface area contributed by atoms with Gasteiger partial charge in [0.05, 0.1) is 11.9 Å². The predicted molar refractivity (Wildman–Crippen MR) is 108 cm³/mol. The largest absolute Gasteiger partial charge is 0.322 e. The Kier molecular flexibility index (Phi) is 4.39. The zero-order chi connectivity index (χ0) is 21.7.